The highest BCUT2D eigenvalue weighted by Gasteiger charge is 2.10. The molecule has 0 saturated carbocycles. The van der Waals surface area contributed by atoms with Gasteiger partial charge in [0.15, 0.2) is 9.84 Å². The summed E-state index contributed by atoms with van der Waals surface area (Å²) in [5.41, 5.74) is 1.20. The number of benzene rings is 1. The first-order valence-corrected chi connectivity index (χ1v) is 7.14. The lowest BCUT2D eigenvalue weighted by atomic mass is 10.2. The monoisotopic (exact) mass is 267 g/mol. The topological polar surface area (TPSA) is 83.5 Å². The number of anilines is 1. The third kappa shape index (κ3) is 5.48. The number of hydrogen-bond acceptors (Lipinski definition) is 4. The van der Waals surface area contributed by atoms with Crippen molar-refractivity contribution in [1.29, 1.82) is 0 Å². The number of rotatable bonds is 3. The lowest BCUT2D eigenvalue weighted by Gasteiger charge is -2.04. The summed E-state index contributed by atoms with van der Waals surface area (Å²) in [6, 6.07) is 6.56. The molecule has 0 bridgehead atoms. The van der Waals surface area contributed by atoms with Crippen molar-refractivity contribution in [2.45, 2.75) is 0 Å². The lowest BCUT2D eigenvalue weighted by molar-refractivity contribution is -0.113. The van der Waals surface area contributed by atoms with Gasteiger partial charge in [-0.3, -0.25) is 4.79 Å². The highest BCUT2D eigenvalue weighted by atomic mass is 32.2. The first-order chi connectivity index (χ1) is 8.40. The fourth-order valence-corrected chi connectivity index (χ4v) is 1.76. The van der Waals surface area contributed by atoms with E-state index >= 15 is 0 Å². The maximum absolute atomic E-state index is 11.3. The van der Waals surface area contributed by atoms with Crippen LogP contribution in [0.2, 0.25) is 0 Å². The summed E-state index contributed by atoms with van der Waals surface area (Å²) in [5, 5.41) is 11.0. The van der Waals surface area contributed by atoms with E-state index in [9.17, 15) is 13.2 Å². The zero-order valence-electron chi connectivity index (χ0n) is 9.80. The Kier molecular flexibility index (Phi) is 4.89. The standard InChI is InChI=1S/C12H13NO4S/c1-18(16,17)9-12(15)13-11-6-4-10(5-7-11)3-2-8-14/h4-7,14H,8-9H2,1H3,(H,13,15). The van der Waals surface area contributed by atoms with Gasteiger partial charge in [-0.1, -0.05) is 11.8 Å². The minimum absolute atomic E-state index is 0.215. The Hall–Kier alpha value is -1.84. The molecule has 0 spiro atoms. The largest absolute Gasteiger partial charge is 0.384 e. The number of nitrogens with one attached hydrogen (secondary N) is 1. The molecule has 0 atom stereocenters. The summed E-state index contributed by atoms with van der Waals surface area (Å²) in [4.78, 5) is 11.3. The summed E-state index contributed by atoms with van der Waals surface area (Å²) in [7, 11) is -3.33. The van der Waals surface area contributed by atoms with Crippen LogP contribution < -0.4 is 5.32 Å². The highest BCUT2D eigenvalue weighted by molar-refractivity contribution is 7.91. The number of amides is 1. The van der Waals surface area contributed by atoms with Crippen LogP contribution >= 0.6 is 0 Å². The molecule has 0 fully saturated rings. The van der Waals surface area contributed by atoms with Gasteiger partial charge in [-0.2, -0.15) is 0 Å². The van der Waals surface area contributed by atoms with E-state index in [2.05, 4.69) is 17.2 Å². The number of aliphatic hydroxyl groups is 1. The van der Waals surface area contributed by atoms with Crippen LogP contribution in [0.3, 0.4) is 0 Å². The van der Waals surface area contributed by atoms with Crippen LogP contribution in [0.25, 0.3) is 0 Å². The second-order valence-corrected chi connectivity index (χ2v) is 5.80. The van der Waals surface area contributed by atoms with Crippen LogP contribution in [-0.4, -0.2) is 38.0 Å². The smallest absolute Gasteiger partial charge is 0.239 e. The van der Waals surface area contributed by atoms with Crippen LogP contribution in [0.1, 0.15) is 5.56 Å². The molecule has 2 N–H and O–H groups in total. The van der Waals surface area contributed by atoms with Gasteiger partial charge in [0.25, 0.3) is 0 Å². The Morgan fingerprint density at radius 2 is 1.94 bits per heavy atom. The van der Waals surface area contributed by atoms with Gasteiger partial charge in [0, 0.05) is 17.5 Å². The molecule has 0 aliphatic heterocycles. The van der Waals surface area contributed by atoms with E-state index in [1.54, 1.807) is 24.3 Å². The van der Waals surface area contributed by atoms with Crippen molar-refractivity contribution in [3.8, 4) is 11.8 Å². The first-order valence-electron chi connectivity index (χ1n) is 5.08. The number of carbonyl (C=O) groups is 1. The van der Waals surface area contributed by atoms with Gasteiger partial charge in [-0.15, -0.1) is 0 Å². The molecule has 1 amide bonds. The number of aliphatic hydroxyl groups excluding tert-OH is 1. The fourth-order valence-electron chi connectivity index (χ4n) is 1.21. The maximum atomic E-state index is 11.3. The van der Waals surface area contributed by atoms with Gasteiger partial charge in [0.2, 0.25) is 5.91 Å². The van der Waals surface area contributed by atoms with Crippen LogP contribution in [0, 0.1) is 11.8 Å². The van der Waals surface area contributed by atoms with Crippen molar-refractivity contribution < 1.29 is 18.3 Å². The van der Waals surface area contributed by atoms with Crippen molar-refractivity contribution in [3.05, 3.63) is 29.8 Å². The fraction of sp³-hybridized carbons (Fsp3) is 0.250. The summed E-state index contributed by atoms with van der Waals surface area (Å²) in [6.45, 7) is -0.215. The average molecular weight is 267 g/mol. The summed E-state index contributed by atoms with van der Waals surface area (Å²) < 4.78 is 21.8. The Bertz CT molecular complexity index is 579. The van der Waals surface area contributed by atoms with Crippen LogP contribution in [0.4, 0.5) is 5.69 Å². The molecule has 1 aromatic rings. The summed E-state index contributed by atoms with van der Waals surface area (Å²) in [6.07, 6.45) is 1.00. The molecule has 5 nitrogen and oxygen atoms in total. The number of sulfone groups is 1. The van der Waals surface area contributed by atoms with E-state index in [4.69, 9.17) is 5.11 Å². The minimum atomic E-state index is -3.33. The molecule has 96 valence electrons. The predicted octanol–water partition coefficient (Wildman–Crippen LogP) is 0.0135. The van der Waals surface area contributed by atoms with Gasteiger partial charge >= 0.3 is 0 Å². The van der Waals surface area contributed by atoms with Crippen LogP contribution in [0.15, 0.2) is 24.3 Å². The van der Waals surface area contributed by atoms with Crippen LogP contribution in [0.5, 0.6) is 0 Å². The molecule has 0 aliphatic carbocycles. The zero-order valence-corrected chi connectivity index (χ0v) is 10.6. The van der Waals surface area contributed by atoms with Gasteiger partial charge in [0.1, 0.15) is 12.4 Å². The summed E-state index contributed by atoms with van der Waals surface area (Å²) in [5.74, 6) is 4.08. The van der Waals surface area contributed by atoms with E-state index in [1.165, 1.54) is 0 Å². The second kappa shape index (κ2) is 6.19. The van der Waals surface area contributed by atoms with Gasteiger partial charge in [-0.05, 0) is 24.3 Å². The summed E-state index contributed by atoms with van der Waals surface area (Å²) >= 11 is 0. The average Bonchev–Trinajstić information content (AvgIpc) is 2.25. The zero-order chi connectivity index (χ0) is 13.6. The van der Waals surface area contributed by atoms with Gasteiger partial charge in [-0.25, -0.2) is 8.42 Å². The molecule has 0 saturated heterocycles. The third-order valence-corrected chi connectivity index (χ3v) is 2.66. The molecule has 0 radical (unpaired) electrons. The van der Waals surface area contributed by atoms with E-state index < -0.39 is 21.5 Å². The van der Waals surface area contributed by atoms with Crippen LogP contribution in [-0.2, 0) is 14.6 Å². The predicted molar refractivity (Wildman–Crippen MR) is 68.7 cm³/mol. The molecular weight excluding hydrogens is 254 g/mol. The molecule has 18 heavy (non-hydrogen) atoms. The molecular formula is C12H13NO4S. The lowest BCUT2D eigenvalue weighted by Crippen LogP contribution is -2.21. The van der Waals surface area contributed by atoms with Gasteiger partial charge < -0.3 is 10.4 Å². The molecule has 1 aromatic carbocycles. The van der Waals surface area contributed by atoms with Crippen molar-refractivity contribution in [2.24, 2.45) is 0 Å². The highest BCUT2D eigenvalue weighted by Crippen LogP contribution is 2.08. The first kappa shape index (κ1) is 14.2. The molecule has 0 aromatic heterocycles. The van der Waals surface area contributed by atoms with E-state index in [0.29, 0.717) is 11.3 Å². The van der Waals surface area contributed by atoms with Crippen molar-refractivity contribution in [2.75, 3.05) is 23.9 Å². The third-order valence-electron chi connectivity index (χ3n) is 1.87. The van der Waals surface area contributed by atoms with Crippen molar-refractivity contribution >= 4 is 21.4 Å². The Labute approximate surface area is 106 Å². The van der Waals surface area contributed by atoms with E-state index in [-0.39, 0.29) is 6.61 Å². The molecule has 0 aliphatic rings. The van der Waals surface area contributed by atoms with Crippen molar-refractivity contribution in [1.82, 2.24) is 0 Å². The SMILES string of the molecule is CS(=O)(=O)CC(=O)Nc1ccc(C#CCO)cc1. The van der Waals surface area contributed by atoms with E-state index in [0.717, 1.165) is 6.26 Å². The number of carbonyl (C=O) groups excluding carboxylic acids is 1. The van der Waals surface area contributed by atoms with Crippen molar-refractivity contribution in [3.63, 3.8) is 0 Å². The maximum Gasteiger partial charge on any atom is 0.239 e. The quantitative estimate of drug-likeness (QED) is 0.756. The molecule has 6 heteroatoms. The Balaban J connectivity index is 2.67. The normalized spacial score (nSPS) is 10.3. The second-order valence-electron chi connectivity index (χ2n) is 3.66. The molecule has 0 unspecified atom stereocenters. The minimum Gasteiger partial charge on any atom is -0.384 e. The number of hydrogen-bond donors (Lipinski definition) is 2. The van der Waals surface area contributed by atoms with E-state index in [1.807, 2.05) is 0 Å². The Morgan fingerprint density at radius 3 is 2.44 bits per heavy atom. The Morgan fingerprint density at radius 1 is 1.33 bits per heavy atom. The molecule has 0 heterocycles. The molecule has 1 rings (SSSR count). The van der Waals surface area contributed by atoms with Gasteiger partial charge in [0.05, 0.1) is 0 Å².